The first-order valence-corrected chi connectivity index (χ1v) is 7.44. The van der Waals surface area contributed by atoms with Crippen molar-refractivity contribution in [1.82, 2.24) is 0 Å². The van der Waals surface area contributed by atoms with Crippen LogP contribution in [0.2, 0.25) is 0 Å². The Morgan fingerprint density at radius 3 is 2.48 bits per heavy atom. The lowest BCUT2D eigenvalue weighted by atomic mass is 10.0. The van der Waals surface area contributed by atoms with Gasteiger partial charge < -0.3 is 20.5 Å². The van der Waals surface area contributed by atoms with E-state index in [9.17, 15) is 4.79 Å². The Labute approximate surface area is 126 Å². The average molecular weight is 294 g/mol. The van der Waals surface area contributed by atoms with Crippen LogP contribution in [-0.2, 0) is 4.79 Å². The number of carbonyl (C=O) groups excluding carboxylic acids is 1. The Hall–Kier alpha value is -1.75. The van der Waals surface area contributed by atoms with Crippen molar-refractivity contribution in [3.8, 4) is 11.5 Å². The molecule has 1 atom stereocenters. The summed E-state index contributed by atoms with van der Waals surface area (Å²) >= 11 is 0. The molecule has 5 heteroatoms. The van der Waals surface area contributed by atoms with Gasteiger partial charge in [0, 0.05) is 6.07 Å². The maximum Gasteiger partial charge on any atom is 0.241 e. The van der Waals surface area contributed by atoms with Crippen molar-refractivity contribution in [3.63, 3.8) is 0 Å². The summed E-state index contributed by atoms with van der Waals surface area (Å²) in [5.74, 6) is 1.46. The number of hydrogen-bond acceptors (Lipinski definition) is 4. The molecule has 0 heterocycles. The molecule has 0 unspecified atom stereocenters. The Kier molecular flexibility index (Phi) is 7.02. The molecule has 118 valence electrons. The number of rotatable bonds is 8. The molecule has 1 aromatic carbocycles. The first-order valence-electron chi connectivity index (χ1n) is 7.44. The molecule has 0 fully saturated rings. The van der Waals surface area contributed by atoms with E-state index < -0.39 is 6.04 Å². The highest BCUT2D eigenvalue weighted by Gasteiger charge is 2.17. The summed E-state index contributed by atoms with van der Waals surface area (Å²) in [7, 11) is 0. The molecule has 1 aromatic rings. The van der Waals surface area contributed by atoms with E-state index in [0.29, 0.717) is 42.7 Å². The average Bonchev–Trinajstić information content (AvgIpc) is 2.41. The van der Waals surface area contributed by atoms with Crippen molar-refractivity contribution in [1.29, 1.82) is 0 Å². The summed E-state index contributed by atoms with van der Waals surface area (Å²) in [6.07, 6.45) is 0.640. The molecule has 3 N–H and O–H groups in total. The number of benzene rings is 1. The largest absolute Gasteiger partial charge is 0.494 e. The minimum atomic E-state index is -0.532. The first-order chi connectivity index (χ1) is 9.97. The summed E-state index contributed by atoms with van der Waals surface area (Å²) in [4.78, 5) is 12.1. The van der Waals surface area contributed by atoms with Crippen LogP contribution in [-0.4, -0.2) is 25.2 Å². The third-order valence-corrected chi connectivity index (χ3v) is 2.88. The van der Waals surface area contributed by atoms with E-state index in [2.05, 4.69) is 5.32 Å². The summed E-state index contributed by atoms with van der Waals surface area (Å²) in [5, 5.41) is 2.83. The lowest BCUT2D eigenvalue weighted by Crippen LogP contribution is -2.36. The van der Waals surface area contributed by atoms with Crippen molar-refractivity contribution in [2.75, 3.05) is 18.5 Å². The number of ether oxygens (including phenoxy) is 2. The standard InChI is InChI=1S/C16H26N2O3/c1-5-20-12-7-8-15(21-6-2)14(10-12)18-16(19)13(17)9-11(3)4/h7-8,10-11,13H,5-6,9,17H2,1-4H3,(H,18,19)/t13-/m0/s1. The maximum atomic E-state index is 12.1. The van der Waals surface area contributed by atoms with Crippen LogP contribution >= 0.6 is 0 Å². The lowest BCUT2D eigenvalue weighted by Gasteiger charge is -2.17. The molecule has 0 aliphatic heterocycles. The van der Waals surface area contributed by atoms with Gasteiger partial charge in [-0.15, -0.1) is 0 Å². The monoisotopic (exact) mass is 294 g/mol. The molecule has 1 amide bonds. The van der Waals surface area contributed by atoms with E-state index >= 15 is 0 Å². The number of nitrogens with one attached hydrogen (secondary N) is 1. The molecule has 5 nitrogen and oxygen atoms in total. The van der Waals surface area contributed by atoms with Gasteiger partial charge in [-0.05, 0) is 38.3 Å². The molecule has 0 spiro atoms. The van der Waals surface area contributed by atoms with Gasteiger partial charge in [-0.3, -0.25) is 4.79 Å². The van der Waals surface area contributed by atoms with E-state index in [-0.39, 0.29) is 5.91 Å². The van der Waals surface area contributed by atoms with E-state index in [4.69, 9.17) is 15.2 Å². The van der Waals surface area contributed by atoms with Gasteiger partial charge in [0.2, 0.25) is 5.91 Å². The second-order valence-corrected chi connectivity index (χ2v) is 5.25. The number of carbonyl (C=O) groups is 1. The summed E-state index contributed by atoms with van der Waals surface area (Å²) in [6.45, 7) is 8.96. The maximum absolute atomic E-state index is 12.1. The fourth-order valence-electron chi connectivity index (χ4n) is 1.98. The number of nitrogens with two attached hydrogens (primary N) is 1. The molecule has 0 aliphatic carbocycles. The summed E-state index contributed by atoms with van der Waals surface area (Å²) < 4.78 is 11.0. The highest BCUT2D eigenvalue weighted by molar-refractivity contribution is 5.96. The normalized spacial score (nSPS) is 12.1. The molecule has 0 saturated carbocycles. The zero-order valence-electron chi connectivity index (χ0n) is 13.3. The molecule has 0 saturated heterocycles. The van der Waals surface area contributed by atoms with Gasteiger partial charge in [0.15, 0.2) is 0 Å². The molecular weight excluding hydrogens is 268 g/mol. The van der Waals surface area contributed by atoms with Crippen LogP contribution in [0.1, 0.15) is 34.1 Å². The molecule has 0 aliphatic rings. The van der Waals surface area contributed by atoms with Crippen molar-refractivity contribution in [2.24, 2.45) is 11.7 Å². The van der Waals surface area contributed by atoms with E-state index in [1.807, 2.05) is 33.8 Å². The molecular formula is C16H26N2O3. The Morgan fingerprint density at radius 2 is 1.90 bits per heavy atom. The predicted octanol–water partition coefficient (Wildman–Crippen LogP) is 2.80. The molecule has 21 heavy (non-hydrogen) atoms. The predicted molar refractivity (Wildman–Crippen MR) is 84.8 cm³/mol. The molecule has 1 rings (SSSR count). The Bertz CT molecular complexity index is 461. The van der Waals surface area contributed by atoms with E-state index in [1.165, 1.54) is 0 Å². The first kappa shape index (κ1) is 17.3. The van der Waals surface area contributed by atoms with Gasteiger partial charge in [0.05, 0.1) is 24.9 Å². The SMILES string of the molecule is CCOc1ccc(OCC)c(NC(=O)[C@@H](N)CC(C)C)c1. The van der Waals surface area contributed by atoms with Crippen molar-refractivity contribution in [3.05, 3.63) is 18.2 Å². The third kappa shape index (κ3) is 5.63. The van der Waals surface area contributed by atoms with Crippen LogP contribution in [0.3, 0.4) is 0 Å². The van der Waals surface area contributed by atoms with Crippen LogP contribution in [0.5, 0.6) is 11.5 Å². The highest BCUT2D eigenvalue weighted by Crippen LogP contribution is 2.29. The van der Waals surface area contributed by atoms with Gasteiger partial charge in [0.25, 0.3) is 0 Å². The van der Waals surface area contributed by atoms with Gasteiger partial charge >= 0.3 is 0 Å². The van der Waals surface area contributed by atoms with Crippen molar-refractivity contribution >= 4 is 11.6 Å². The fourth-order valence-corrected chi connectivity index (χ4v) is 1.98. The second kappa shape index (κ2) is 8.52. The van der Waals surface area contributed by atoms with Crippen LogP contribution in [0.4, 0.5) is 5.69 Å². The number of anilines is 1. The third-order valence-electron chi connectivity index (χ3n) is 2.88. The van der Waals surface area contributed by atoms with E-state index in [1.54, 1.807) is 12.1 Å². The van der Waals surface area contributed by atoms with Crippen LogP contribution in [0.15, 0.2) is 18.2 Å². The lowest BCUT2D eigenvalue weighted by molar-refractivity contribution is -0.117. The minimum Gasteiger partial charge on any atom is -0.494 e. The number of hydrogen-bond donors (Lipinski definition) is 2. The molecule has 0 bridgehead atoms. The van der Waals surface area contributed by atoms with Crippen molar-refractivity contribution < 1.29 is 14.3 Å². The van der Waals surface area contributed by atoms with Crippen molar-refractivity contribution in [2.45, 2.75) is 40.2 Å². The van der Waals surface area contributed by atoms with Gasteiger partial charge in [0.1, 0.15) is 11.5 Å². The van der Waals surface area contributed by atoms with Gasteiger partial charge in [-0.25, -0.2) is 0 Å². The minimum absolute atomic E-state index is 0.210. The second-order valence-electron chi connectivity index (χ2n) is 5.25. The van der Waals surface area contributed by atoms with Crippen LogP contribution in [0, 0.1) is 5.92 Å². The van der Waals surface area contributed by atoms with Gasteiger partial charge in [-0.1, -0.05) is 13.8 Å². The summed E-state index contributed by atoms with van der Waals surface area (Å²) in [5.41, 5.74) is 6.49. The Balaban J connectivity index is 2.87. The van der Waals surface area contributed by atoms with Gasteiger partial charge in [-0.2, -0.15) is 0 Å². The quantitative estimate of drug-likeness (QED) is 0.773. The van der Waals surface area contributed by atoms with E-state index in [0.717, 1.165) is 0 Å². The molecule has 0 aromatic heterocycles. The topological polar surface area (TPSA) is 73.6 Å². The Morgan fingerprint density at radius 1 is 1.24 bits per heavy atom. The smallest absolute Gasteiger partial charge is 0.241 e. The zero-order valence-corrected chi connectivity index (χ0v) is 13.3. The zero-order chi connectivity index (χ0) is 15.8. The highest BCUT2D eigenvalue weighted by atomic mass is 16.5. The summed E-state index contributed by atoms with van der Waals surface area (Å²) in [6, 6.07) is 4.83. The fraction of sp³-hybridized carbons (Fsp3) is 0.562. The number of amides is 1. The van der Waals surface area contributed by atoms with Crippen LogP contribution in [0.25, 0.3) is 0 Å². The molecule has 0 radical (unpaired) electrons. The van der Waals surface area contributed by atoms with Crippen LogP contribution < -0.4 is 20.5 Å².